The predicted molar refractivity (Wildman–Crippen MR) is 98.6 cm³/mol. The molecule has 1 aliphatic heterocycles. The van der Waals surface area contributed by atoms with Gasteiger partial charge in [0.25, 0.3) is 0 Å². The first-order chi connectivity index (χ1) is 13.8. The lowest BCUT2D eigenvalue weighted by Crippen LogP contribution is -2.46. The number of nitrogens with zero attached hydrogens (tertiary/aromatic N) is 4. The molecular weight excluding hydrogens is 392 g/mol. The maximum atomic E-state index is 13.6. The van der Waals surface area contributed by atoms with Crippen molar-refractivity contribution < 1.29 is 23.8 Å². The van der Waals surface area contributed by atoms with Gasteiger partial charge in [-0.25, -0.2) is 19.3 Å². The van der Waals surface area contributed by atoms with Crippen molar-refractivity contribution in [2.45, 2.75) is 25.1 Å². The number of H-pyrrole nitrogens is 1. The number of halogens is 4. The fourth-order valence-corrected chi connectivity index (χ4v) is 3.42. The highest BCUT2D eigenvalue weighted by molar-refractivity contribution is 5.91. The van der Waals surface area contributed by atoms with E-state index in [1.165, 1.54) is 12.3 Å². The highest BCUT2D eigenvalue weighted by atomic mass is 19.4. The summed E-state index contributed by atoms with van der Waals surface area (Å²) in [6.07, 6.45) is 0.783. The minimum absolute atomic E-state index is 0. The number of hydrogen-bond acceptors (Lipinski definition) is 5. The number of nitrogens with one attached hydrogen (secondary N) is 2. The fraction of sp³-hybridized carbons (Fsp3) is 0.333. The van der Waals surface area contributed by atoms with Crippen LogP contribution in [0.5, 0.6) is 0 Å². The first kappa shape index (κ1) is 19.1. The van der Waals surface area contributed by atoms with E-state index in [2.05, 4.69) is 19.9 Å². The second-order valence-corrected chi connectivity index (χ2v) is 6.67. The summed E-state index contributed by atoms with van der Waals surface area (Å²) in [6, 6.07) is 2.15. The van der Waals surface area contributed by atoms with E-state index in [0.29, 0.717) is 47.6 Å². The Bertz CT molecular complexity index is 1060. The number of rotatable bonds is 4. The number of carbonyl (C=O) groups excluding carboxylic acids is 1. The second kappa shape index (κ2) is 7.30. The Kier molecular flexibility index (Phi) is 4.81. The van der Waals surface area contributed by atoms with E-state index in [1.807, 2.05) is 5.32 Å². The first-order valence-electron chi connectivity index (χ1n) is 8.89. The van der Waals surface area contributed by atoms with Gasteiger partial charge in [-0.15, -0.1) is 0 Å². The lowest BCUT2D eigenvalue weighted by atomic mass is 10.2. The molecule has 0 bridgehead atoms. The van der Waals surface area contributed by atoms with Crippen molar-refractivity contribution in [3.63, 3.8) is 0 Å². The number of amides is 1. The van der Waals surface area contributed by atoms with Crippen LogP contribution in [0.1, 0.15) is 14.3 Å². The Morgan fingerprint density at radius 3 is 3.00 bits per heavy atom. The van der Waals surface area contributed by atoms with Crippen molar-refractivity contribution in [1.29, 1.82) is 0 Å². The summed E-state index contributed by atoms with van der Waals surface area (Å²) in [4.78, 5) is 29.5. The van der Waals surface area contributed by atoms with Crippen LogP contribution in [0, 0.1) is 5.82 Å². The molecule has 11 heteroatoms. The quantitative estimate of drug-likeness (QED) is 0.646. The number of pyridine rings is 1. The zero-order valence-corrected chi connectivity index (χ0v) is 15.0. The molecule has 29 heavy (non-hydrogen) atoms. The summed E-state index contributed by atoms with van der Waals surface area (Å²) in [6.45, 7) is -0.899. The Morgan fingerprint density at radius 1 is 1.38 bits per heavy atom. The summed E-state index contributed by atoms with van der Waals surface area (Å²) in [5, 5.41) is 2.44. The van der Waals surface area contributed by atoms with Crippen LogP contribution in [-0.4, -0.2) is 51.2 Å². The van der Waals surface area contributed by atoms with Gasteiger partial charge in [0.05, 0.1) is 6.20 Å². The monoisotopic (exact) mass is 410 g/mol. The molecule has 1 atom stereocenters. The largest absolute Gasteiger partial charge is 0.405 e. The van der Waals surface area contributed by atoms with Crippen LogP contribution in [0.25, 0.3) is 22.4 Å². The maximum Gasteiger partial charge on any atom is 0.405 e. The Morgan fingerprint density at radius 2 is 2.21 bits per heavy atom. The number of anilines is 1. The Labute approximate surface area is 163 Å². The Balaban J connectivity index is 0.00000256. The molecule has 3 aromatic rings. The van der Waals surface area contributed by atoms with Crippen molar-refractivity contribution in [2.24, 2.45) is 0 Å². The van der Waals surface area contributed by atoms with Crippen LogP contribution in [0.2, 0.25) is 0 Å². The van der Waals surface area contributed by atoms with Gasteiger partial charge in [-0.05, 0) is 25.0 Å². The molecule has 4 heterocycles. The number of fused-ring (bicyclic) bond motifs is 1. The molecule has 0 saturated carbocycles. The molecule has 154 valence electrons. The van der Waals surface area contributed by atoms with Crippen LogP contribution in [0.4, 0.5) is 23.4 Å². The molecule has 1 fully saturated rings. The summed E-state index contributed by atoms with van der Waals surface area (Å²) < 4.78 is 50.8. The number of aromatic nitrogens is 4. The summed E-state index contributed by atoms with van der Waals surface area (Å²) in [5.41, 5.74) is 1.01. The smallest absolute Gasteiger partial charge is 0.345 e. The molecule has 0 aliphatic carbocycles. The molecule has 0 radical (unpaired) electrons. The fourth-order valence-electron chi connectivity index (χ4n) is 3.42. The van der Waals surface area contributed by atoms with Crippen molar-refractivity contribution in [3.8, 4) is 11.4 Å². The third-order valence-corrected chi connectivity index (χ3v) is 4.69. The molecule has 1 saturated heterocycles. The van der Waals surface area contributed by atoms with Crippen molar-refractivity contribution >= 4 is 22.8 Å². The molecule has 2 N–H and O–H groups in total. The molecule has 0 aromatic carbocycles. The minimum atomic E-state index is -4.47. The second-order valence-electron chi connectivity index (χ2n) is 6.67. The van der Waals surface area contributed by atoms with E-state index in [1.54, 1.807) is 17.2 Å². The molecule has 0 unspecified atom stereocenters. The lowest BCUT2D eigenvalue weighted by molar-refractivity contribution is -0.139. The molecular formula is C18H18F4N6O. The van der Waals surface area contributed by atoms with Gasteiger partial charge < -0.3 is 15.2 Å². The van der Waals surface area contributed by atoms with Gasteiger partial charge in [-0.3, -0.25) is 4.79 Å². The predicted octanol–water partition coefficient (Wildman–Crippen LogP) is 3.05. The maximum absolute atomic E-state index is 13.6. The molecule has 7 nitrogen and oxygen atoms in total. The topological polar surface area (TPSA) is 86.8 Å². The van der Waals surface area contributed by atoms with Gasteiger partial charge in [-0.1, -0.05) is 0 Å². The van der Waals surface area contributed by atoms with Crippen LogP contribution < -0.4 is 10.2 Å². The number of aromatic amines is 1. The molecule has 4 rings (SSSR count). The Hall–Kier alpha value is -3.24. The van der Waals surface area contributed by atoms with E-state index >= 15 is 0 Å². The van der Waals surface area contributed by atoms with E-state index in [0.717, 1.165) is 6.20 Å². The van der Waals surface area contributed by atoms with Crippen molar-refractivity contribution in [2.75, 3.05) is 18.0 Å². The van der Waals surface area contributed by atoms with E-state index in [4.69, 9.17) is 0 Å². The SMILES string of the molecule is O=C(NCC(F)(F)F)[C@H]1CCCN1c1ccnc(-c2c[nH]c3ncc(F)cc23)n1.[HH]. The zero-order valence-electron chi connectivity index (χ0n) is 15.0. The molecule has 0 spiro atoms. The summed E-state index contributed by atoms with van der Waals surface area (Å²) in [7, 11) is 0. The number of hydrogen-bond donors (Lipinski definition) is 2. The average Bonchev–Trinajstić information content (AvgIpc) is 3.32. The van der Waals surface area contributed by atoms with Crippen LogP contribution in [-0.2, 0) is 4.79 Å². The van der Waals surface area contributed by atoms with Crippen molar-refractivity contribution in [1.82, 2.24) is 25.3 Å². The number of carbonyl (C=O) groups is 1. The van der Waals surface area contributed by atoms with E-state index in [-0.39, 0.29) is 1.43 Å². The normalized spacial score (nSPS) is 17.1. The van der Waals surface area contributed by atoms with Gasteiger partial charge in [0.2, 0.25) is 5.91 Å². The molecule has 1 aliphatic rings. The van der Waals surface area contributed by atoms with Crippen LogP contribution >= 0.6 is 0 Å². The van der Waals surface area contributed by atoms with E-state index < -0.39 is 30.5 Å². The van der Waals surface area contributed by atoms with Gasteiger partial charge in [0.1, 0.15) is 29.9 Å². The van der Waals surface area contributed by atoms with Gasteiger partial charge in [-0.2, -0.15) is 13.2 Å². The van der Waals surface area contributed by atoms with E-state index in [9.17, 15) is 22.4 Å². The summed E-state index contributed by atoms with van der Waals surface area (Å²) in [5.74, 6) is -0.491. The first-order valence-corrected chi connectivity index (χ1v) is 8.89. The third kappa shape index (κ3) is 3.98. The van der Waals surface area contributed by atoms with Gasteiger partial charge in [0, 0.05) is 31.3 Å². The van der Waals surface area contributed by atoms with Crippen LogP contribution in [0.15, 0.2) is 30.7 Å². The highest BCUT2D eigenvalue weighted by Gasteiger charge is 2.35. The zero-order chi connectivity index (χ0) is 20.6. The lowest BCUT2D eigenvalue weighted by Gasteiger charge is -2.25. The van der Waals surface area contributed by atoms with Gasteiger partial charge >= 0.3 is 6.18 Å². The third-order valence-electron chi connectivity index (χ3n) is 4.69. The van der Waals surface area contributed by atoms with Gasteiger partial charge in [0.15, 0.2) is 5.82 Å². The summed E-state index contributed by atoms with van der Waals surface area (Å²) >= 11 is 0. The molecule has 1 amide bonds. The molecule has 3 aromatic heterocycles. The standard InChI is InChI=1S/C18H16F4N6O.H2/c19-10-6-11-12(8-25-15(11)24-7-10)16-23-4-3-14(27-16)28-5-1-2-13(28)17(29)26-9-18(20,21)22;/h3-4,6-8,13H,1-2,5,9H2,(H,24,25)(H,26,29);1H/t13-;/m1./s1. The number of alkyl halides is 3. The van der Waals surface area contributed by atoms with Crippen molar-refractivity contribution in [3.05, 3.63) is 36.5 Å². The minimum Gasteiger partial charge on any atom is -0.345 e. The van der Waals surface area contributed by atoms with Crippen LogP contribution in [0.3, 0.4) is 0 Å². The average molecular weight is 410 g/mol. The highest BCUT2D eigenvalue weighted by Crippen LogP contribution is 2.29.